The SMILES string of the molecule is O=C(c1ccccn1)N1N=C2/C(=C/c3ccc(F)cc3)CCC[C@H]2[C@@H]1c1ccc(F)cc1. The van der Waals surface area contributed by atoms with E-state index in [-0.39, 0.29) is 29.5 Å². The lowest BCUT2D eigenvalue weighted by Crippen LogP contribution is -2.32. The molecule has 4 nitrogen and oxygen atoms in total. The molecule has 2 aromatic carbocycles. The number of hydrogen-bond acceptors (Lipinski definition) is 3. The number of fused-ring (bicyclic) bond motifs is 1. The number of aromatic nitrogens is 1. The number of allylic oxidation sites excluding steroid dienone is 1. The number of amides is 1. The zero-order valence-corrected chi connectivity index (χ0v) is 17.3. The van der Waals surface area contributed by atoms with E-state index in [1.54, 1.807) is 48.7 Å². The predicted octanol–water partition coefficient (Wildman–Crippen LogP) is 5.80. The van der Waals surface area contributed by atoms with Gasteiger partial charge in [-0.1, -0.05) is 30.3 Å². The summed E-state index contributed by atoms with van der Waals surface area (Å²) in [6.07, 6.45) is 6.24. The third-order valence-electron chi connectivity index (χ3n) is 6.02. The van der Waals surface area contributed by atoms with Crippen molar-refractivity contribution in [1.82, 2.24) is 9.99 Å². The zero-order chi connectivity index (χ0) is 22.1. The topological polar surface area (TPSA) is 45.6 Å². The van der Waals surface area contributed by atoms with Gasteiger partial charge in [0.05, 0.1) is 11.8 Å². The molecule has 2 heterocycles. The Hall–Kier alpha value is -3.67. The number of pyridine rings is 1. The van der Waals surface area contributed by atoms with Crippen LogP contribution in [0.25, 0.3) is 6.08 Å². The van der Waals surface area contributed by atoms with Crippen LogP contribution >= 0.6 is 0 Å². The molecule has 2 atom stereocenters. The van der Waals surface area contributed by atoms with Crippen molar-refractivity contribution in [2.75, 3.05) is 0 Å². The number of hydrazone groups is 1. The summed E-state index contributed by atoms with van der Waals surface area (Å²) < 4.78 is 26.9. The van der Waals surface area contributed by atoms with Crippen LogP contribution in [0.1, 0.15) is 46.9 Å². The molecule has 5 rings (SSSR count). The number of hydrogen-bond donors (Lipinski definition) is 0. The number of halogens is 2. The second-order valence-corrected chi connectivity index (χ2v) is 8.07. The van der Waals surface area contributed by atoms with Gasteiger partial charge in [0.1, 0.15) is 17.3 Å². The molecule has 0 saturated heterocycles. The second kappa shape index (κ2) is 8.46. The average Bonchev–Trinajstić information content (AvgIpc) is 3.22. The highest BCUT2D eigenvalue weighted by Gasteiger charge is 2.44. The Morgan fingerprint density at radius 2 is 1.69 bits per heavy atom. The van der Waals surface area contributed by atoms with Crippen LogP contribution in [0.5, 0.6) is 0 Å². The molecule has 0 bridgehead atoms. The molecule has 0 N–H and O–H groups in total. The maximum atomic E-state index is 13.6. The Morgan fingerprint density at radius 1 is 0.969 bits per heavy atom. The molecular weight excluding hydrogens is 408 g/mol. The van der Waals surface area contributed by atoms with Gasteiger partial charge in [-0.3, -0.25) is 9.78 Å². The van der Waals surface area contributed by atoms with E-state index < -0.39 is 0 Å². The molecule has 6 heteroatoms. The van der Waals surface area contributed by atoms with Crippen LogP contribution in [-0.4, -0.2) is 21.6 Å². The highest BCUT2D eigenvalue weighted by Crippen LogP contribution is 2.44. The van der Waals surface area contributed by atoms with Crippen molar-refractivity contribution in [3.05, 3.63) is 107 Å². The second-order valence-electron chi connectivity index (χ2n) is 8.07. The van der Waals surface area contributed by atoms with E-state index in [0.29, 0.717) is 5.69 Å². The Morgan fingerprint density at radius 3 is 2.38 bits per heavy atom. The molecule has 1 amide bonds. The van der Waals surface area contributed by atoms with Gasteiger partial charge in [0.15, 0.2) is 0 Å². The fourth-order valence-corrected chi connectivity index (χ4v) is 4.53. The first-order valence-corrected chi connectivity index (χ1v) is 10.7. The molecule has 160 valence electrons. The van der Waals surface area contributed by atoms with Crippen molar-refractivity contribution in [3.63, 3.8) is 0 Å². The van der Waals surface area contributed by atoms with Gasteiger partial charge in [-0.05, 0) is 78.4 Å². The van der Waals surface area contributed by atoms with Gasteiger partial charge < -0.3 is 0 Å². The molecule has 0 unspecified atom stereocenters. The minimum Gasteiger partial charge on any atom is -0.265 e. The first kappa shape index (κ1) is 20.2. The van der Waals surface area contributed by atoms with Crippen LogP contribution in [0.3, 0.4) is 0 Å². The summed E-state index contributed by atoms with van der Waals surface area (Å²) >= 11 is 0. The summed E-state index contributed by atoms with van der Waals surface area (Å²) in [6, 6.07) is 17.4. The lowest BCUT2D eigenvalue weighted by Gasteiger charge is -2.29. The summed E-state index contributed by atoms with van der Waals surface area (Å²) in [5, 5.41) is 6.29. The molecular formula is C26H21F2N3O. The monoisotopic (exact) mass is 429 g/mol. The number of nitrogens with zero attached hydrogens (tertiary/aromatic N) is 3. The van der Waals surface area contributed by atoms with Crippen LogP contribution in [0.15, 0.2) is 83.6 Å². The van der Waals surface area contributed by atoms with E-state index in [2.05, 4.69) is 4.98 Å². The van der Waals surface area contributed by atoms with Gasteiger partial charge in [0.25, 0.3) is 5.91 Å². The van der Waals surface area contributed by atoms with Gasteiger partial charge >= 0.3 is 0 Å². The first-order valence-electron chi connectivity index (χ1n) is 10.7. The minimum atomic E-state index is -0.336. The van der Waals surface area contributed by atoms with Crippen molar-refractivity contribution in [2.24, 2.45) is 11.0 Å². The molecule has 1 fully saturated rings. The van der Waals surface area contributed by atoms with E-state index in [0.717, 1.165) is 41.7 Å². The van der Waals surface area contributed by atoms with Crippen molar-refractivity contribution in [3.8, 4) is 0 Å². The largest absolute Gasteiger partial charge is 0.293 e. The van der Waals surface area contributed by atoms with Crippen LogP contribution < -0.4 is 0 Å². The summed E-state index contributed by atoms with van der Waals surface area (Å²) in [4.78, 5) is 17.6. The number of benzene rings is 2. The molecule has 0 radical (unpaired) electrons. The maximum Gasteiger partial charge on any atom is 0.293 e. The fourth-order valence-electron chi connectivity index (χ4n) is 4.53. The lowest BCUT2D eigenvalue weighted by molar-refractivity contribution is 0.0674. The first-order chi connectivity index (χ1) is 15.6. The Labute approximate surface area is 184 Å². The maximum absolute atomic E-state index is 13.6. The molecule has 1 aliphatic carbocycles. The van der Waals surface area contributed by atoms with Crippen molar-refractivity contribution in [2.45, 2.75) is 25.3 Å². The molecule has 32 heavy (non-hydrogen) atoms. The lowest BCUT2D eigenvalue weighted by atomic mass is 9.77. The summed E-state index contributed by atoms with van der Waals surface area (Å²) in [5.74, 6) is -0.900. The molecule has 0 spiro atoms. The zero-order valence-electron chi connectivity index (χ0n) is 17.3. The van der Waals surface area contributed by atoms with Gasteiger partial charge in [-0.15, -0.1) is 0 Å². The molecule has 1 saturated carbocycles. The summed E-state index contributed by atoms with van der Waals surface area (Å²) in [6.45, 7) is 0. The average molecular weight is 429 g/mol. The van der Waals surface area contributed by atoms with E-state index in [1.807, 2.05) is 6.08 Å². The normalized spacial score (nSPS) is 21.4. The number of carbonyl (C=O) groups is 1. The smallest absolute Gasteiger partial charge is 0.265 e. The van der Waals surface area contributed by atoms with E-state index in [9.17, 15) is 13.6 Å². The molecule has 1 aliphatic heterocycles. The third-order valence-corrected chi connectivity index (χ3v) is 6.02. The quantitative estimate of drug-likeness (QED) is 0.529. The minimum absolute atomic E-state index is 0.00595. The summed E-state index contributed by atoms with van der Waals surface area (Å²) in [5.41, 5.74) is 3.93. The molecule has 3 aromatic rings. The third kappa shape index (κ3) is 3.84. The van der Waals surface area contributed by atoms with Crippen LogP contribution in [0.4, 0.5) is 8.78 Å². The molecule has 2 aliphatic rings. The standard InChI is InChI=1S/C26H21F2N3O/c27-20-11-7-17(8-12-20)16-19-4-3-5-22-24(19)30-31(26(32)23-6-1-2-15-29-23)25(22)18-9-13-21(28)14-10-18/h1-2,6-16,22,25H,3-5H2/b19-16+/t22-,25+/m1/s1. The van der Waals surface area contributed by atoms with Gasteiger partial charge in [0, 0.05) is 12.1 Å². The fraction of sp³-hybridized carbons (Fsp3) is 0.192. The Kier molecular flexibility index (Phi) is 5.35. The number of carbonyl (C=O) groups excluding carboxylic acids is 1. The highest BCUT2D eigenvalue weighted by atomic mass is 19.1. The van der Waals surface area contributed by atoms with Gasteiger partial charge in [-0.2, -0.15) is 5.10 Å². The summed E-state index contributed by atoms with van der Waals surface area (Å²) in [7, 11) is 0. The van der Waals surface area contributed by atoms with E-state index in [4.69, 9.17) is 5.10 Å². The highest BCUT2D eigenvalue weighted by molar-refractivity contribution is 6.09. The van der Waals surface area contributed by atoms with Crippen LogP contribution in [-0.2, 0) is 0 Å². The Bertz CT molecular complexity index is 1190. The van der Waals surface area contributed by atoms with Crippen LogP contribution in [0.2, 0.25) is 0 Å². The Balaban J connectivity index is 1.57. The van der Waals surface area contributed by atoms with Gasteiger partial charge in [0.2, 0.25) is 0 Å². The van der Waals surface area contributed by atoms with E-state index in [1.165, 1.54) is 29.3 Å². The van der Waals surface area contributed by atoms with Crippen molar-refractivity contribution >= 4 is 17.7 Å². The van der Waals surface area contributed by atoms with Crippen LogP contribution in [0, 0.1) is 17.6 Å². The number of rotatable bonds is 3. The van der Waals surface area contributed by atoms with Crippen molar-refractivity contribution < 1.29 is 13.6 Å². The van der Waals surface area contributed by atoms with Crippen molar-refractivity contribution in [1.29, 1.82) is 0 Å². The van der Waals surface area contributed by atoms with Gasteiger partial charge in [-0.25, -0.2) is 13.8 Å². The predicted molar refractivity (Wildman–Crippen MR) is 119 cm³/mol. The molecule has 1 aromatic heterocycles. The van der Waals surface area contributed by atoms with E-state index >= 15 is 0 Å².